The van der Waals surface area contributed by atoms with Gasteiger partial charge in [-0.3, -0.25) is 28.0 Å². The van der Waals surface area contributed by atoms with E-state index in [4.69, 9.17) is 56.8 Å². The molecule has 0 aliphatic carbocycles. The zero-order chi connectivity index (χ0) is 73.5. The molecular weight excluding hydrogens is 1420 g/mol. The molecule has 6 saturated heterocycles. The molecule has 0 aromatic carbocycles. The summed E-state index contributed by atoms with van der Waals surface area (Å²) < 4.78 is 184. The molecule has 34 atom stereocenters. The summed E-state index contributed by atoms with van der Waals surface area (Å²) in [6.07, 6.45) is -70.1. The van der Waals surface area contributed by atoms with Crippen LogP contribution in [0.5, 0.6) is 0 Å². The minimum atomic E-state index is -5.66. The van der Waals surface area contributed by atoms with E-state index in [0.29, 0.717) is 0 Å². The molecule has 0 bridgehead atoms. The van der Waals surface area contributed by atoms with Crippen molar-refractivity contribution in [1.29, 1.82) is 0 Å². The van der Waals surface area contributed by atoms with Crippen LogP contribution in [0.4, 0.5) is 0 Å². The molecule has 6 rings (SSSR count). The number of aliphatic hydroxyl groups is 17. The fourth-order valence-corrected chi connectivity index (χ4v) is 12.1. The highest BCUT2D eigenvalue weighted by atomic mass is 32.3. The lowest BCUT2D eigenvalue weighted by molar-refractivity contribution is -0.394. The average Bonchev–Trinajstić information content (AvgIpc) is 0.764. The molecule has 6 aliphatic heterocycles. The number of hydrogen-bond acceptors (Lipinski definition) is 41. The molecule has 0 unspecified atom stereocenters. The molecule has 23 N–H and O–H groups in total. The molecule has 47 nitrogen and oxygen atoms in total. The first-order valence-corrected chi connectivity index (χ1v) is 33.5. The number of hydrogen-bond donors (Lipinski definition) is 23. The van der Waals surface area contributed by atoms with Gasteiger partial charge < -0.3 is 160 Å². The van der Waals surface area contributed by atoms with Gasteiger partial charge in [0.25, 0.3) is 0 Å². The zero-order valence-corrected chi connectivity index (χ0v) is 54.0. The van der Waals surface area contributed by atoms with Crippen molar-refractivity contribution in [1.82, 2.24) is 16.0 Å². The van der Waals surface area contributed by atoms with Crippen LogP contribution in [-0.4, -0.2) is 398 Å². The third-order valence-electron chi connectivity index (χ3n) is 16.0. The van der Waals surface area contributed by atoms with Crippen molar-refractivity contribution in [2.75, 3.05) is 46.2 Å². The number of aliphatic hydroxyl groups excluding tert-OH is 17. The highest BCUT2D eigenvalue weighted by Gasteiger charge is 2.60. The lowest BCUT2D eigenvalue weighted by atomic mass is 9.93. The summed E-state index contributed by atoms with van der Waals surface area (Å²) >= 11 is 0. The van der Waals surface area contributed by atoms with Gasteiger partial charge in [0, 0.05) is 20.8 Å². The molecule has 50 heteroatoms. The summed E-state index contributed by atoms with van der Waals surface area (Å²) in [7, 11) is -16.5. The van der Waals surface area contributed by atoms with Gasteiger partial charge >= 0.3 is 31.2 Å². The molecular formula is C48H83N3O44S3. The number of carbonyl (C=O) groups is 3. The van der Waals surface area contributed by atoms with Crippen LogP contribution >= 0.6 is 0 Å². The smallest absolute Gasteiger partial charge is 0.394 e. The molecule has 0 spiro atoms. The van der Waals surface area contributed by atoms with Crippen LogP contribution in [0.15, 0.2) is 0 Å². The number of rotatable bonds is 31. The van der Waals surface area contributed by atoms with Gasteiger partial charge in [-0.2, -0.15) is 25.3 Å². The van der Waals surface area contributed by atoms with E-state index in [2.05, 4.69) is 28.5 Å². The Bertz CT molecular complexity index is 2920. The summed E-state index contributed by atoms with van der Waals surface area (Å²) in [4.78, 5) is 38.5. The van der Waals surface area contributed by atoms with Gasteiger partial charge in [-0.25, -0.2) is 12.5 Å². The Morgan fingerprint density at radius 3 is 1.20 bits per heavy atom. The molecule has 6 aliphatic rings. The summed E-state index contributed by atoms with van der Waals surface area (Å²) in [6, 6.07) is -6.22. The summed E-state index contributed by atoms with van der Waals surface area (Å²) in [5, 5.41) is 193. The van der Waals surface area contributed by atoms with Crippen molar-refractivity contribution in [3.63, 3.8) is 0 Å². The molecule has 0 aromatic heterocycles. The minimum Gasteiger partial charge on any atom is -0.394 e. The van der Waals surface area contributed by atoms with E-state index < -0.39 is 304 Å². The highest BCUT2D eigenvalue weighted by Crippen LogP contribution is 2.39. The van der Waals surface area contributed by atoms with Crippen LogP contribution in [0.2, 0.25) is 0 Å². The second-order valence-electron chi connectivity index (χ2n) is 23.1. The van der Waals surface area contributed by atoms with E-state index >= 15 is 0 Å². The lowest BCUT2D eigenvalue weighted by Crippen LogP contribution is -2.72. The van der Waals surface area contributed by atoms with E-state index in [-0.39, 0.29) is 0 Å². The Hall–Kier alpha value is -3.14. The second-order valence-corrected chi connectivity index (χ2v) is 26.4. The van der Waals surface area contributed by atoms with Crippen LogP contribution in [-0.2, 0) is 115 Å². The van der Waals surface area contributed by atoms with Crippen LogP contribution < -0.4 is 16.0 Å². The topological polar surface area (TPSA) is 733 Å². The first-order chi connectivity index (χ1) is 45.5. The van der Waals surface area contributed by atoms with Crippen molar-refractivity contribution >= 4 is 48.9 Å². The molecule has 98 heavy (non-hydrogen) atoms. The molecule has 0 saturated carbocycles. The maximum Gasteiger partial charge on any atom is 0.397 e. The van der Waals surface area contributed by atoms with Crippen molar-refractivity contribution in [2.45, 2.75) is 236 Å². The molecule has 6 heterocycles. The largest absolute Gasteiger partial charge is 0.397 e. The highest BCUT2D eigenvalue weighted by molar-refractivity contribution is 7.81. The Balaban J connectivity index is 1.43. The quantitative estimate of drug-likeness (QED) is 0.0287. The van der Waals surface area contributed by atoms with Crippen molar-refractivity contribution < 1.29 is 209 Å². The fourth-order valence-electron chi connectivity index (χ4n) is 11.2. The van der Waals surface area contributed by atoms with Gasteiger partial charge in [0.15, 0.2) is 37.7 Å². The third kappa shape index (κ3) is 21.5. The average molecular weight is 1500 g/mol. The van der Waals surface area contributed by atoms with E-state index in [9.17, 15) is 140 Å². The minimum absolute atomic E-state index is 0.814. The second kappa shape index (κ2) is 35.6. The van der Waals surface area contributed by atoms with Crippen LogP contribution in [0, 0.1) is 0 Å². The van der Waals surface area contributed by atoms with Crippen molar-refractivity contribution in [2.24, 2.45) is 0 Å². The van der Waals surface area contributed by atoms with Gasteiger partial charge in [-0.05, 0) is 6.92 Å². The Morgan fingerprint density at radius 2 is 0.755 bits per heavy atom. The van der Waals surface area contributed by atoms with Crippen LogP contribution in [0.3, 0.4) is 0 Å². The van der Waals surface area contributed by atoms with Crippen molar-refractivity contribution in [3.8, 4) is 0 Å². The number of amides is 3. The molecule has 0 radical (unpaired) electrons. The molecule has 3 amide bonds. The third-order valence-corrected chi connectivity index (χ3v) is 17.3. The van der Waals surface area contributed by atoms with Gasteiger partial charge in [0.2, 0.25) is 17.7 Å². The standard InChI is InChI=1S/C48H83N3O44S3/c1-12-26(61)33(68)34(69)46(84-12)93-40-25(51-15(4)58)45(89-22(11-83-98(78,79)80)39(40)92-48-36(71)41(29(64)19(8-55)86-48)94-43-23(49-13(2)56)31(66)28(63)20(87-43)9-81-96(72,73)74)95-42-30(65)18(7-54)85-47(35(42)70)91-38-21(10-82-97(75,76)77)88-44(24(32(38)67)50-14(3)57)90-37(17(60)6-53)27(62)16(59)5-52/h12,16-48,52-55,59-71H,5-11H2,1-4H3,(H,49,56)(H,50,57)(H,51,58)(H,72,73,74)(H,75,76,77)(H,78,79,80)/t12-,16+,17-,18+,19+,20+,21+,22+,23+,24+,25+,26+,27-,28+,29-,30-,31+,32+,33+,34-,35+,36+,37+,38+,39+,40+,41-,42-,43-,44-,45-,46-,47-,48-/m0/s1. The van der Waals surface area contributed by atoms with Crippen LogP contribution in [0.25, 0.3) is 0 Å². The first-order valence-electron chi connectivity index (χ1n) is 29.4. The normalized spacial score (nSPS) is 41.9. The monoisotopic (exact) mass is 1500 g/mol. The van der Waals surface area contributed by atoms with E-state index in [1.165, 1.54) is 0 Å². The SMILES string of the molecule is CC(=O)N[C@H]1[C@H](O[C@@H]([C@@H](O)[C@H](O)CO)[C@@H](O)CO)O[C@H](COS(=O)(=O)O)[C@@H](O[C@@H]2O[C@H](CO)[C@H](O)[C@H](O[C@@H]3O[C@H](COS(=O)(=O)O)[C@@H](O[C@@H]4O[C@H](CO)[C@H](O)[C@H](O[C@@H]5O[C@H](COS(=O)(=O)O)[C@@H](O)[C@H](O)[C@H]5NC(C)=O)[C@H]4O)[C@H](O[C@@H]4O[C@@H](C)[C@@H](O)[C@@H](O)[C@@H]4O)[C@H]3NC(C)=O)[C@H]2O)[C@@H]1O. The Morgan fingerprint density at radius 1 is 0.388 bits per heavy atom. The molecule has 0 aromatic rings. The maximum absolute atomic E-state index is 13.4. The van der Waals surface area contributed by atoms with E-state index in [1.807, 2.05) is 0 Å². The zero-order valence-electron chi connectivity index (χ0n) is 51.5. The summed E-state index contributed by atoms with van der Waals surface area (Å²) in [5.41, 5.74) is 0. The Kier molecular flexibility index (Phi) is 30.4. The van der Waals surface area contributed by atoms with Crippen molar-refractivity contribution in [3.05, 3.63) is 0 Å². The predicted octanol–water partition coefficient (Wildman–Crippen LogP) is -15.7. The first kappa shape index (κ1) is 83.8. The fraction of sp³-hybridized carbons (Fsp3) is 0.938. The van der Waals surface area contributed by atoms with Gasteiger partial charge in [0.1, 0.15) is 165 Å². The maximum atomic E-state index is 13.4. The van der Waals surface area contributed by atoms with Crippen LogP contribution in [0.1, 0.15) is 27.7 Å². The lowest BCUT2D eigenvalue weighted by Gasteiger charge is -2.52. The van der Waals surface area contributed by atoms with E-state index in [1.54, 1.807) is 0 Å². The number of ether oxygens (including phenoxy) is 12. The van der Waals surface area contributed by atoms with E-state index in [0.717, 1.165) is 27.7 Å². The molecule has 6 fully saturated rings. The summed E-state index contributed by atoms with van der Waals surface area (Å²) in [5.74, 6) is -3.13. The predicted molar refractivity (Wildman–Crippen MR) is 299 cm³/mol. The molecule has 572 valence electrons. The number of nitrogens with one attached hydrogen (secondary N) is 3. The van der Waals surface area contributed by atoms with Gasteiger partial charge in [-0.1, -0.05) is 0 Å². The summed E-state index contributed by atoms with van der Waals surface area (Å²) in [6.45, 7) is -5.55. The van der Waals surface area contributed by atoms with Gasteiger partial charge in [0.05, 0.1) is 52.4 Å². The van der Waals surface area contributed by atoms with Gasteiger partial charge in [-0.15, -0.1) is 0 Å². The number of carbonyl (C=O) groups excluding carboxylic acids is 3. The Labute approximate surface area is 555 Å².